The van der Waals surface area contributed by atoms with E-state index in [-0.39, 0.29) is 41.4 Å². The Morgan fingerprint density at radius 2 is 1.47 bits per heavy atom. The summed E-state index contributed by atoms with van der Waals surface area (Å²) in [7, 11) is 0. The van der Waals surface area contributed by atoms with Gasteiger partial charge < -0.3 is 31.2 Å². The molecule has 1 unspecified atom stereocenters. The second-order valence-corrected chi connectivity index (χ2v) is 9.90. The molecule has 0 aromatic carbocycles. The Labute approximate surface area is 205 Å². The Morgan fingerprint density at radius 3 is 2.06 bits per heavy atom. The third kappa shape index (κ3) is 16.4. The van der Waals surface area contributed by atoms with Crippen LogP contribution in [-0.4, -0.2) is 69.8 Å². The molecule has 0 saturated heterocycles. The molecule has 9 nitrogen and oxygen atoms in total. The zero-order chi connectivity index (χ0) is 26.0. The van der Waals surface area contributed by atoms with Crippen LogP contribution in [0.5, 0.6) is 0 Å². The first kappa shape index (κ1) is 31.8. The van der Waals surface area contributed by atoms with Gasteiger partial charge in [0.15, 0.2) is 0 Å². The first-order chi connectivity index (χ1) is 16.0. The summed E-state index contributed by atoms with van der Waals surface area (Å²) in [6.07, 6.45) is 4.67. The number of ether oxygens (including phenoxy) is 2. The van der Waals surface area contributed by atoms with Crippen LogP contribution in [0.3, 0.4) is 0 Å². The van der Waals surface area contributed by atoms with E-state index < -0.39 is 6.04 Å². The first-order valence-corrected chi connectivity index (χ1v) is 11.9. The number of rotatable bonds is 20. The van der Waals surface area contributed by atoms with Gasteiger partial charge in [0, 0.05) is 32.5 Å². The molecule has 196 valence electrons. The van der Waals surface area contributed by atoms with Crippen LogP contribution in [0.25, 0.3) is 0 Å². The minimum atomic E-state index is -0.693. The monoisotopic (exact) mass is 482 g/mol. The highest BCUT2D eigenvalue weighted by Crippen LogP contribution is 2.36. The number of hydrogen-bond acceptors (Lipinski definition) is 6. The van der Waals surface area contributed by atoms with E-state index >= 15 is 0 Å². The molecule has 0 radical (unpaired) electrons. The zero-order valence-corrected chi connectivity index (χ0v) is 21.5. The molecule has 0 aliphatic rings. The van der Waals surface area contributed by atoms with E-state index in [4.69, 9.17) is 15.2 Å². The second kappa shape index (κ2) is 17.2. The fourth-order valence-corrected chi connectivity index (χ4v) is 3.89. The van der Waals surface area contributed by atoms with Crippen molar-refractivity contribution in [1.82, 2.24) is 16.0 Å². The average molecular weight is 483 g/mol. The molecule has 0 spiro atoms. The molecular weight excluding hydrogens is 436 g/mol. The van der Waals surface area contributed by atoms with Gasteiger partial charge in [0.25, 0.3) is 0 Å². The maximum absolute atomic E-state index is 12.9. The first-order valence-electron chi connectivity index (χ1n) is 11.9. The van der Waals surface area contributed by atoms with Gasteiger partial charge in [0.2, 0.25) is 17.7 Å². The molecule has 0 saturated carbocycles. The molecule has 0 heterocycles. The fraction of sp³-hybridized carbons (Fsp3) is 0.720. The molecule has 0 aromatic rings. The lowest BCUT2D eigenvalue weighted by Crippen LogP contribution is -2.50. The number of carbonyl (C=O) groups is 3. The van der Waals surface area contributed by atoms with E-state index in [1.165, 1.54) is 6.08 Å². The SMILES string of the molecule is C=CCC(=O)NCC(C)(C)CC(C)(C)CC(NC(=O)CC=C)C(=O)NCCOCCOCCN. The van der Waals surface area contributed by atoms with Crippen molar-refractivity contribution in [3.63, 3.8) is 0 Å². The van der Waals surface area contributed by atoms with E-state index in [2.05, 4.69) is 56.8 Å². The second-order valence-electron chi connectivity index (χ2n) is 9.90. The topological polar surface area (TPSA) is 132 Å². The van der Waals surface area contributed by atoms with Crippen molar-refractivity contribution >= 4 is 17.7 Å². The van der Waals surface area contributed by atoms with Crippen molar-refractivity contribution in [3.05, 3.63) is 25.3 Å². The number of hydrogen-bond donors (Lipinski definition) is 4. The van der Waals surface area contributed by atoms with Crippen LogP contribution < -0.4 is 21.7 Å². The molecule has 34 heavy (non-hydrogen) atoms. The number of nitrogens with one attached hydrogen (secondary N) is 3. The molecule has 0 aliphatic heterocycles. The Balaban J connectivity index is 4.88. The summed E-state index contributed by atoms with van der Waals surface area (Å²) in [6, 6.07) is -0.693. The molecule has 3 amide bonds. The van der Waals surface area contributed by atoms with Crippen LogP contribution in [0, 0.1) is 10.8 Å². The van der Waals surface area contributed by atoms with Crippen LogP contribution in [0.2, 0.25) is 0 Å². The van der Waals surface area contributed by atoms with Crippen molar-refractivity contribution in [1.29, 1.82) is 0 Å². The average Bonchev–Trinajstić information content (AvgIpc) is 2.73. The van der Waals surface area contributed by atoms with Gasteiger partial charge in [0.05, 0.1) is 26.4 Å². The van der Waals surface area contributed by atoms with Gasteiger partial charge in [-0.3, -0.25) is 14.4 Å². The minimum absolute atomic E-state index is 0.0667. The quantitative estimate of drug-likeness (QED) is 0.154. The number of nitrogens with two attached hydrogens (primary N) is 1. The maximum atomic E-state index is 12.9. The highest BCUT2D eigenvalue weighted by molar-refractivity contribution is 5.88. The number of amides is 3. The standard InChI is InChI=1S/C25H46N4O5/c1-7-9-21(30)28-19-25(5,6)18-24(3,4)17-20(29-22(31)10-8-2)23(32)27-12-14-34-16-15-33-13-11-26/h7-8,20H,1-2,9-19,26H2,3-6H3,(H,27,32)(H,28,30)(H,29,31). The van der Waals surface area contributed by atoms with Crippen LogP contribution in [-0.2, 0) is 23.9 Å². The van der Waals surface area contributed by atoms with Crippen LogP contribution >= 0.6 is 0 Å². The number of carbonyl (C=O) groups excluding carboxylic acids is 3. The Kier molecular flexibility index (Phi) is 16.1. The van der Waals surface area contributed by atoms with Crippen LogP contribution in [0.4, 0.5) is 0 Å². The van der Waals surface area contributed by atoms with Crippen LogP contribution in [0.15, 0.2) is 25.3 Å². The van der Waals surface area contributed by atoms with E-state index in [1.807, 2.05) is 0 Å². The molecular formula is C25H46N4O5. The molecule has 5 N–H and O–H groups in total. The summed E-state index contributed by atoms with van der Waals surface area (Å²) >= 11 is 0. The summed E-state index contributed by atoms with van der Waals surface area (Å²) in [5.41, 5.74) is 4.87. The van der Waals surface area contributed by atoms with Crippen molar-refractivity contribution < 1.29 is 23.9 Å². The summed E-state index contributed by atoms with van der Waals surface area (Å²) in [6.45, 7) is 18.4. The molecule has 0 rings (SSSR count). The van der Waals surface area contributed by atoms with Gasteiger partial charge in [-0.25, -0.2) is 0 Å². The predicted molar refractivity (Wildman–Crippen MR) is 135 cm³/mol. The Hall–Kier alpha value is -2.23. The third-order valence-electron chi connectivity index (χ3n) is 4.97. The van der Waals surface area contributed by atoms with Gasteiger partial charge in [-0.1, -0.05) is 39.8 Å². The van der Waals surface area contributed by atoms with E-state index in [0.29, 0.717) is 52.5 Å². The van der Waals surface area contributed by atoms with Crippen molar-refractivity contribution in [2.75, 3.05) is 46.1 Å². The zero-order valence-electron chi connectivity index (χ0n) is 21.5. The van der Waals surface area contributed by atoms with E-state index in [9.17, 15) is 14.4 Å². The fourth-order valence-electron chi connectivity index (χ4n) is 3.89. The minimum Gasteiger partial charge on any atom is -0.378 e. The Morgan fingerprint density at radius 1 is 0.882 bits per heavy atom. The summed E-state index contributed by atoms with van der Waals surface area (Å²) in [5.74, 6) is -0.580. The smallest absolute Gasteiger partial charge is 0.242 e. The van der Waals surface area contributed by atoms with Crippen LogP contribution in [0.1, 0.15) is 53.4 Å². The van der Waals surface area contributed by atoms with Crippen molar-refractivity contribution in [2.24, 2.45) is 16.6 Å². The van der Waals surface area contributed by atoms with Crippen molar-refractivity contribution in [3.8, 4) is 0 Å². The van der Waals surface area contributed by atoms with Gasteiger partial charge in [-0.15, -0.1) is 13.2 Å². The van der Waals surface area contributed by atoms with E-state index in [1.54, 1.807) is 6.08 Å². The van der Waals surface area contributed by atoms with Gasteiger partial charge in [0.1, 0.15) is 6.04 Å². The van der Waals surface area contributed by atoms with Gasteiger partial charge in [-0.05, 0) is 23.7 Å². The lowest BCUT2D eigenvalue weighted by Gasteiger charge is -2.37. The van der Waals surface area contributed by atoms with Gasteiger partial charge in [-0.2, -0.15) is 0 Å². The highest BCUT2D eigenvalue weighted by Gasteiger charge is 2.34. The normalized spacial score (nSPS) is 12.5. The third-order valence-corrected chi connectivity index (χ3v) is 4.97. The maximum Gasteiger partial charge on any atom is 0.242 e. The molecule has 0 fully saturated rings. The molecule has 9 heteroatoms. The largest absolute Gasteiger partial charge is 0.378 e. The molecule has 0 aromatic heterocycles. The van der Waals surface area contributed by atoms with Crippen molar-refractivity contribution in [2.45, 2.75) is 59.4 Å². The van der Waals surface area contributed by atoms with E-state index in [0.717, 1.165) is 6.42 Å². The lowest BCUT2D eigenvalue weighted by molar-refractivity contribution is -0.129. The summed E-state index contributed by atoms with van der Waals surface area (Å²) < 4.78 is 10.7. The molecule has 1 atom stereocenters. The molecule has 0 bridgehead atoms. The summed E-state index contributed by atoms with van der Waals surface area (Å²) in [5, 5.41) is 8.59. The highest BCUT2D eigenvalue weighted by atomic mass is 16.5. The van der Waals surface area contributed by atoms with Gasteiger partial charge >= 0.3 is 0 Å². The lowest BCUT2D eigenvalue weighted by atomic mass is 9.72. The summed E-state index contributed by atoms with van der Waals surface area (Å²) in [4.78, 5) is 36.9. The molecule has 0 aliphatic carbocycles. The Bertz CT molecular complexity index is 649. The predicted octanol–water partition coefficient (Wildman–Crippen LogP) is 1.68.